The van der Waals surface area contributed by atoms with Crippen molar-refractivity contribution >= 4 is 25.2 Å². The van der Waals surface area contributed by atoms with Gasteiger partial charge in [-0.1, -0.05) is 104 Å². The highest BCUT2D eigenvalue weighted by Gasteiger charge is 2.45. The lowest BCUT2D eigenvalue weighted by Gasteiger charge is -2.41. The summed E-state index contributed by atoms with van der Waals surface area (Å²) in [6.45, 7) is 8.04. The smallest absolute Gasteiger partial charge is 0.467 e. The Morgan fingerprint density at radius 2 is 0.894 bits per heavy atom. The average molecular weight is 905 g/mol. The molecule has 0 fully saturated rings. The summed E-state index contributed by atoms with van der Waals surface area (Å²) < 4.78 is 52.6. The van der Waals surface area contributed by atoms with Crippen LogP contribution in [0.2, 0.25) is 0 Å². The van der Waals surface area contributed by atoms with Crippen LogP contribution >= 0.6 is 0 Å². The zero-order valence-electron chi connectivity index (χ0n) is 39.1. The molecule has 0 aromatic heterocycles. The van der Waals surface area contributed by atoms with Crippen molar-refractivity contribution in [3.8, 4) is 40.2 Å². The van der Waals surface area contributed by atoms with Crippen LogP contribution in [-0.4, -0.2) is 61.5 Å². The Hall–Kier alpha value is -4.59. The molecule has 5 aliphatic rings. The fourth-order valence-electron chi connectivity index (χ4n) is 11.4. The van der Waals surface area contributed by atoms with Crippen molar-refractivity contribution in [2.24, 2.45) is 0 Å². The summed E-state index contributed by atoms with van der Waals surface area (Å²) in [5.41, 5.74) is 6.17. The number of unbranched alkanes of at least 4 members (excludes halogenated alkanes) is 8. The van der Waals surface area contributed by atoms with Crippen molar-refractivity contribution in [3.63, 3.8) is 0 Å². The summed E-state index contributed by atoms with van der Waals surface area (Å²) in [5, 5.41) is 46.1. The van der Waals surface area contributed by atoms with Gasteiger partial charge in [0.15, 0.2) is 6.79 Å². The normalized spacial score (nSPS) is 20.6. The Kier molecular flexibility index (Phi) is 14.3. The number of benzene rings is 4. The molecule has 1 aliphatic carbocycles. The molecule has 4 aromatic rings. The molecule has 0 saturated heterocycles. The first-order valence-electron chi connectivity index (χ1n) is 24.7. The van der Waals surface area contributed by atoms with Gasteiger partial charge in [-0.15, -0.1) is 0 Å². The molecule has 14 heteroatoms. The second-order valence-corrected chi connectivity index (χ2v) is 18.7. The predicted molar refractivity (Wildman–Crippen MR) is 253 cm³/mol. The molecule has 9 rings (SSSR count). The van der Waals surface area contributed by atoms with E-state index in [9.17, 15) is 20.1 Å². The molecule has 4 unspecified atom stereocenters. The number of fused-ring (bicyclic) bond motifs is 2. The maximum absolute atomic E-state index is 11.5. The summed E-state index contributed by atoms with van der Waals surface area (Å²) in [6.07, 6.45) is 14.3. The standard InChI is InChI=1S/C52H66B2O12/c1-5-9-13-17-33-36-23-32-20-21-43(36)59-28-62-48-38(33)24-40-35(19-15-11-7-3)41-25-39-34(18-14-10-6-2)37-26-42-45(61-31-66-52(32,42)22-16-12-8-4)27-44(37)60-29-63-49(39)47(54(57)58)51(41)65-30-64-50(40)46(48)53(55)56/h20-21,23-27,33-35,55-58H,5-19,22,28-31H2,1-4H3. The Morgan fingerprint density at radius 3 is 1.39 bits per heavy atom. The monoisotopic (exact) mass is 904 g/mol. The molecule has 352 valence electrons. The first-order valence-corrected chi connectivity index (χ1v) is 24.7. The van der Waals surface area contributed by atoms with Gasteiger partial charge >= 0.3 is 14.2 Å². The van der Waals surface area contributed by atoms with Gasteiger partial charge in [0.1, 0.15) is 45.8 Å². The number of ether oxygens (including phenoxy) is 8. The highest BCUT2D eigenvalue weighted by Crippen LogP contribution is 2.55. The SMILES string of the molecule is CCCCCC1c2cc3ccc2OCOc2c1cc1c(c2B(O)O)OCOc2c(cc4c(c2B(O)O)OCOc2cc5c(cc2C4CCCCC)C3(CCCCC)OCO5)C1CCCCC. The van der Waals surface area contributed by atoms with E-state index in [0.29, 0.717) is 48.0 Å². The first-order chi connectivity index (χ1) is 32.2. The Bertz CT molecular complexity index is 2370. The van der Waals surface area contributed by atoms with Gasteiger partial charge in [0, 0.05) is 62.8 Å². The summed E-state index contributed by atoms with van der Waals surface area (Å²) in [4.78, 5) is 0. The van der Waals surface area contributed by atoms with E-state index in [2.05, 4.69) is 58.0 Å². The molecule has 12 nitrogen and oxygen atoms in total. The Labute approximate surface area is 390 Å². The second kappa shape index (κ2) is 20.3. The van der Waals surface area contributed by atoms with Crippen LogP contribution in [0.5, 0.6) is 40.2 Å². The lowest BCUT2D eigenvalue weighted by atomic mass is 9.68. The molecule has 0 radical (unpaired) electrons. The second-order valence-electron chi connectivity index (χ2n) is 18.7. The van der Waals surface area contributed by atoms with Crippen molar-refractivity contribution in [2.75, 3.05) is 27.2 Å². The molecule has 0 saturated carbocycles. The quantitative estimate of drug-likeness (QED) is 0.0557. The largest absolute Gasteiger partial charge is 0.496 e. The maximum Gasteiger partial charge on any atom is 0.496 e. The van der Waals surface area contributed by atoms with Crippen LogP contribution in [-0.2, 0) is 10.3 Å². The molecule has 4 heterocycles. The molecular weight excluding hydrogens is 838 g/mol. The van der Waals surface area contributed by atoms with E-state index in [1.54, 1.807) is 0 Å². The van der Waals surface area contributed by atoms with E-state index in [1.807, 2.05) is 12.1 Å². The zero-order chi connectivity index (χ0) is 46.0. The number of hydrogen-bond donors (Lipinski definition) is 4. The van der Waals surface area contributed by atoms with E-state index in [1.165, 1.54) is 0 Å². The molecule has 8 bridgehead atoms. The van der Waals surface area contributed by atoms with Gasteiger partial charge in [0.2, 0.25) is 20.4 Å². The van der Waals surface area contributed by atoms with Gasteiger partial charge in [-0.25, -0.2) is 0 Å². The lowest BCUT2D eigenvalue weighted by Crippen LogP contribution is -2.40. The third kappa shape index (κ3) is 8.50. The van der Waals surface area contributed by atoms with Crippen molar-refractivity contribution in [3.05, 3.63) is 87.0 Å². The Morgan fingerprint density at radius 1 is 0.455 bits per heavy atom. The third-order valence-corrected chi connectivity index (χ3v) is 14.6. The number of rotatable bonds is 18. The first kappa shape index (κ1) is 46.5. The van der Waals surface area contributed by atoms with Crippen LogP contribution in [0.3, 0.4) is 0 Å². The predicted octanol–water partition coefficient (Wildman–Crippen LogP) is 8.87. The van der Waals surface area contributed by atoms with Gasteiger partial charge in [-0.2, -0.15) is 0 Å². The van der Waals surface area contributed by atoms with Gasteiger partial charge < -0.3 is 58.0 Å². The van der Waals surface area contributed by atoms with Gasteiger partial charge in [-0.3, -0.25) is 0 Å². The van der Waals surface area contributed by atoms with Crippen molar-refractivity contribution in [2.45, 2.75) is 154 Å². The maximum atomic E-state index is 11.5. The van der Waals surface area contributed by atoms with Crippen molar-refractivity contribution in [1.29, 1.82) is 0 Å². The van der Waals surface area contributed by atoms with Crippen molar-refractivity contribution in [1.82, 2.24) is 0 Å². The molecule has 4 aromatic carbocycles. The van der Waals surface area contributed by atoms with Crippen LogP contribution in [0.15, 0.2) is 42.5 Å². The Balaban J connectivity index is 1.45. The van der Waals surface area contributed by atoms with E-state index in [-0.39, 0.29) is 61.4 Å². The summed E-state index contributed by atoms with van der Waals surface area (Å²) in [6, 6.07) is 15.0. The minimum absolute atomic E-state index is 0.0363. The average Bonchev–Trinajstić information content (AvgIpc) is 3.29. The molecule has 4 aliphatic heterocycles. The molecule has 4 atom stereocenters. The van der Waals surface area contributed by atoms with Gasteiger partial charge in [0.25, 0.3) is 0 Å². The molecule has 4 N–H and O–H groups in total. The topological polar surface area (TPSA) is 155 Å². The van der Waals surface area contributed by atoms with E-state index >= 15 is 0 Å². The molecule has 66 heavy (non-hydrogen) atoms. The van der Waals surface area contributed by atoms with E-state index in [4.69, 9.17) is 37.9 Å². The van der Waals surface area contributed by atoms with E-state index < -0.39 is 25.8 Å². The minimum Gasteiger partial charge on any atom is -0.467 e. The van der Waals surface area contributed by atoms with E-state index in [0.717, 1.165) is 128 Å². The van der Waals surface area contributed by atoms with Crippen LogP contribution in [0.4, 0.5) is 0 Å². The molecule has 0 spiro atoms. The summed E-state index contributed by atoms with van der Waals surface area (Å²) in [5.74, 6) is 2.10. The van der Waals surface area contributed by atoms with Crippen LogP contribution in [0, 0.1) is 0 Å². The summed E-state index contributed by atoms with van der Waals surface area (Å²) >= 11 is 0. The minimum atomic E-state index is -1.98. The molecular formula is C52H66B2O12. The fourth-order valence-corrected chi connectivity index (χ4v) is 11.4. The molecule has 0 amide bonds. The zero-order valence-corrected chi connectivity index (χ0v) is 39.1. The number of hydrogen-bond acceptors (Lipinski definition) is 12. The van der Waals surface area contributed by atoms with Gasteiger partial charge in [-0.05, 0) is 68.0 Å². The summed E-state index contributed by atoms with van der Waals surface area (Å²) in [7, 11) is -3.95. The van der Waals surface area contributed by atoms with Gasteiger partial charge in [0.05, 0.1) is 10.9 Å². The fraction of sp³-hybridized carbons (Fsp3) is 0.538. The van der Waals surface area contributed by atoms with Crippen LogP contribution < -0.4 is 44.1 Å². The lowest BCUT2D eigenvalue weighted by molar-refractivity contribution is -0.114. The van der Waals surface area contributed by atoms with Crippen LogP contribution in [0.1, 0.15) is 193 Å². The van der Waals surface area contributed by atoms with Crippen LogP contribution in [0.25, 0.3) is 0 Å². The third-order valence-electron chi connectivity index (χ3n) is 14.6. The highest BCUT2D eigenvalue weighted by molar-refractivity contribution is 6.61. The van der Waals surface area contributed by atoms with Crippen molar-refractivity contribution < 1.29 is 58.0 Å². The highest BCUT2D eigenvalue weighted by atomic mass is 16.7.